The molecule has 0 aliphatic carbocycles. The molecule has 0 saturated carbocycles. The van der Waals surface area contributed by atoms with Crippen molar-refractivity contribution in [3.05, 3.63) is 34.9 Å². The van der Waals surface area contributed by atoms with E-state index in [1.807, 2.05) is 6.07 Å². The van der Waals surface area contributed by atoms with E-state index in [1.165, 1.54) is 14.0 Å². The van der Waals surface area contributed by atoms with E-state index in [2.05, 4.69) is 4.74 Å². The molecule has 4 nitrogen and oxygen atoms in total. The number of ether oxygens (including phenoxy) is 2. The highest BCUT2D eigenvalue weighted by Crippen LogP contribution is 2.13. The number of rotatable bonds is 5. The molecule has 1 aromatic rings. The van der Waals surface area contributed by atoms with Gasteiger partial charge in [0.15, 0.2) is 5.60 Å². The van der Waals surface area contributed by atoms with Crippen LogP contribution in [0.2, 0.25) is 5.02 Å². The lowest BCUT2D eigenvalue weighted by atomic mass is 10.1. The highest BCUT2D eigenvalue weighted by atomic mass is 35.5. The molecule has 0 radical (unpaired) electrons. The first-order chi connectivity index (χ1) is 7.95. The lowest BCUT2D eigenvalue weighted by molar-refractivity contribution is -0.167. The van der Waals surface area contributed by atoms with Gasteiger partial charge in [0.05, 0.1) is 20.3 Å². The minimum Gasteiger partial charge on any atom is -0.467 e. The smallest absolute Gasteiger partial charge is 0.339 e. The average molecular weight is 259 g/mol. The van der Waals surface area contributed by atoms with E-state index in [4.69, 9.17) is 16.3 Å². The van der Waals surface area contributed by atoms with E-state index >= 15 is 0 Å². The van der Waals surface area contributed by atoms with E-state index in [1.54, 1.807) is 18.2 Å². The van der Waals surface area contributed by atoms with Crippen molar-refractivity contribution in [1.29, 1.82) is 0 Å². The zero-order valence-electron chi connectivity index (χ0n) is 9.77. The van der Waals surface area contributed by atoms with Gasteiger partial charge < -0.3 is 14.6 Å². The van der Waals surface area contributed by atoms with E-state index in [9.17, 15) is 9.90 Å². The van der Waals surface area contributed by atoms with Crippen molar-refractivity contribution < 1.29 is 19.4 Å². The Hall–Kier alpha value is -1.10. The molecule has 0 bridgehead atoms. The van der Waals surface area contributed by atoms with Gasteiger partial charge in [-0.15, -0.1) is 0 Å². The highest BCUT2D eigenvalue weighted by Gasteiger charge is 2.31. The van der Waals surface area contributed by atoms with Crippen molar-refractivity contribution in [3.63, 3.8) is 0 Å². The molecule has 0 aromatic heterocycles. The summed E-state index contributed by atoms with van der Waals surface area (Å²) in [6, 6.07) is 7.17. The van der Waals surface area contributed by atoms with Crippen molar-refractivity contribution in [3.8, 4) is 0 Å². The Morgan fingerprint density at radius 1 is 1.53 bits per heavy atom. The third-order valence-corrected chi connectivity index (χ3v) is 2.40. The topological polar surface area (TPSA) is 55.8 Å². The van der Waals surface area contributed by atoms with Gasteiger partial charge >= 0.3 is 5.97 Å². The van der Waals surface area contributed by atoms with Crippen molar-refractivity contribution in [1.82, 2.24) is 0 Å². The van der Waals surface area contributed by atoms with Gasteiger partial charge in [0.1, 0.15) is 0 Å². The third kappa shape index (κ3) is 4.34. The zero-order valence-corrected chi connectivity index (χ0v) is 10.5. The highest BCUT2D eigenvalue weighted by molar-refractivity contribution is 6.30. The summed E-state index contributed by atoms with van der Waals surface area (Å²) in [5.41, 5.74) is -0.758. The Morgan fingerprint density at radius 3 is 2.82 bits per heavy atom. The van der Waals surface area contributed by atoms with Crippen LogP contribution in [0.3, 0.4) is 0 Å². The molecule has 0 spiro atoms. The summed E-state index contributed by atoms with van der Waals surface area (Å²) >= 11 is 5.81. The molecule has 5 heteroatoms. The molecule has 0 fully saturated rings. The van der Waals surface area contributed by atoms with Crippen molar-refractivity contribution >= 4 is 17.6 Å². The van der Waals surface area contributed by atoms with Crippen molar-refractivity contribution in [2.24, 2.45) is 0 Å². The van der Waals surface area contributed by atoms with Crippen LogP contribution in [0.1, 0.15) is 12.5 Å². The molecule has 0 aliphatic heterocycles. The Balaban J connectivity index is 2.45. The van der Waals surface area contributed by atoms with Crippen LogP contribution in [0.25, 0.3) is 0 Å². The number of hydrogen-bond donors (Lipinski definition) is 1. The minimum atomic E-state index is -1.63. The number of benzene rings is 1. The van der Waals surface area contributed by atoms with Crippen LogP contribution >= 0.6 is 11.6 Å². The molecule has 0 saturated heterocycles. The van der Waals surface area contributed by atoms with E-state index in [0.29, 0.717) is 5.02 Å². The molecule has 94 valence electrons. The standard InChI is InChI=1S/C12H15ClO4/c1-12(15,11(14)16-2)8-17-7-9-4-3-5-10(13)6-9/h3-6,15H,7-8H2,1-2H3. The lowest BCUT2D eigenvalue weighted by Crippen LogP contribution is -2.40. The van der Waals surface area contributed by atoms with Crippen LogP contribution in [0.15, 0.2) is 24.3 Å². The Kier molecular flexibility index (Phi) is 4.93. The Bertz CT molecular complexity index is 390. The number of aliphatic hydroxyl groups is 1. The van der Waals surface area contributed by atoms with Gasteiger partial charge in [-0.1, -0.05) is 23.7 Å². The second-order valence-electron chi connectivity index (χ2n) is 3.89. The molecule has 0 amide bonds. The zero-order chi connectivity index (χ0) is 12.9. The normalized spacial score (nSPS) is 14.1. The summed E-state index contributed by atoms with van der Waals surface area (Å²) in [6.45, 7) is 1.48. The second-order valence-corrected chi connectivity index (χ2v) is 4.32. The van der Waals surface area contributed by atoms with Gasteiger partial charge in [-0.2, -0.15) is 0 Å². The van der Waals surface area contributed by atoms with Gasteiger partial charge in [0, 0.05) is 5.02 Å². The van der Waals surface area contributed by atoms with Crippen molar-refractivity contribution in [2.75, 3.05) is 13.7 Å². The maximum absolute atomic E-state index is 11.2. The molecule has 17 heavy (non-hydrogen) atoms. The Labute approximate surface area is 105 Å². The molecule has 0 aliphatic rings. The predicted molar refractivity (Wildman–Crippen MR) is 63.7 cm³/mol. The molecule has 1 N–H and O–H groups in total. The number of methoxy groups -OCH3 is 1. The SMILES string of the molecule is COC(=O)C(C)(O)COCc1cccc(Cl)c1. The quantitative estimate of drug-likeness (QED) is 0.818. The van der Waals surface area contributed by atoms with Crippen LogP contribution in [-0.4, -0.2) is 30.4 Å². The van der Waals surface area contributed by atoms with E-state index in [0.717, 1.165) is 5.56 Å². The summed E-state index contributed by atoms with van der Waals surface area (Å²) < 4.78 is 9.70. The van der Waals surface area contributed by atoms with E-state index in [-0.39, 0.29) is 13.2 Å². The largest absolute Gasteiger partial charge is 0.467 e. The van der Waals surface area contributed by atoms with Gasteiger partial charge in [-0.3, -0.25) is 0 Å². The van der Waals surface area contributed by atoms with Crippen LogP contribution < -0.4 is 0 Å². The first-order valence-electron chi connectivity index (χ1n) is 5.08. The van der Waals surface area contributed by atoms with Crippen LogP contribution in [0.5, 0.6) is 0 Å². The van der Waals surface area contributed by atoms with Crippen molar-refractivity contribution in [2.45, 2.75) is 19.1 Å². The number of carbonyl (C=O) groups is 1. The van der Waals surface area contributed by atoms with Crippen LogP contribution in [0.4, 0.5) is 0 Å². The first-order valence-corrected chi connectivity index (χ1v) is 5.46. The summed E-state index contributed by atoms with van der Waals surface area (Å²) in [4.78, 5) is 11.2. The lowest BCUT2D eigenvalue weighted by Gasteiger charge is -2.19. The fourth-order valence-corrected chi connectivity index (χ4v) is 1.49. The van der Waals surface area contributed by atoms with Crippen LogP contribution in [0, 0.1) is 0 Å². The maximum Gasteiger partial charge on any atom is 0.339 e. The maximum atomic E-state index is 11.2. The summed E-state index contributed by atoms with van der Waals surface area (Å²) in [7, 11) is 1.22. The monoisotopic (exact) mass is 258 g/mol. The summed E-state index contributed by atoms with van der Waals surface area (Å²) in [5.74, 6) is -0.719. The number of carbonyl (C=O) groups excluding carboxylic acids is 1. The van der Waals surface area contributed by atoms with Gasteiger partial charge in [0.2, 0.25) is 0 Å². The van der Waals surface area contributed by atoms with Gasteiger partial charge in [0.25, 0.3) is 0 Å². The van der Waals surface area contributed by atoms with Gasteiger partial charge in [-0.25, -0.2) is 4.79 Å². The van der Waals surface area contributed by atoms with Gasteiger partial charge in [-0.05, 0) is 24.6 Å². The second kappa shape index (κ2) is 6.00. The molecule has 1 unspecified atom stereocenters. The first kappa shape index (κ1) is 14.0. The number of esters is 1. The molecule has 1 rings (SSSR count). The molecule has 1 atom stereocenters. The number of hydrogen-bond acceptors (Lipinski definition) is 4. The van der Waals surface area contributed by atoms with Crippen LogP contribution in [-0.2, 0) is 20.9 Å². The number of halogens is 1. The summed E-state index contributed by atoms with van der Waals surface area (Å²) in [6.07, 6.45) is 0. The molecule has 0 heterocycles. The molecular formula is C12H15ClO4. The fourth-order valence-electron chi connectivity index (χ4n) is 1.27. The fraction of sp³-hybridized carbons (Fsp3) is 0.417. The molecule has 1 aromatic carbocycles. The minimum absolute atomic E-state index is 0.133. The summed E-state index contributed by atoms with van der Waals surface area (Å²) in [5, 5.41) is 10.3. The molecular weight excluding hydrogens is 244 g/mol. The Morgan fingerprint density at radius 2 is 2.24 bits per heavy atom. The average Bonchev–Trinajstić information content (AvgIpc) is 2.27. The van der Waals surface area contributed by atoms with E-state index < -0.39 is 11.6 Å². The predicted octanol–water partition coefficient (Wildman–Crippen LogP) is 1.78. The third-order valence-electron chi connectivity index (χ3n) is 2.17.